The van der Waals surface area contributed by atoms with Gasteiger partial charge in [0.25, 0.3) is 0 Å². The number of hydrogen-bond donors (Lipinski definition) is 1. The van der Waals surface area contributed by atoms with E-state index in [9.17, 15) is 9.59 Å². The average Bonchev–Trinajstić information content (AvgIpc) is 3.36. The third-order valence-corrected chi connectivity index (χ3v) is 7.57. The fourth-order valence-electron chi connectivity index (χ4n) is 5.29. The maximum absolute atomic E-state index is 13.5. The number of alkyl carbamates (subject to hydrolysis) is 1. The van der Waals surface area contributed by atoms with Crippen LogP contribution < -0.4 is 10.1 Å². The van der Waals surface area contributed by atoms with Crippen molar-refractivity contribution in [3.05, 3.63) is 29.5 Å². The molecule has 3 heterocycles. The number of aromatic nitrogens is 2. The molecule has 8 heteroatoms. The summed E-state index contributed by atoms with van der Waals surface area (Å²) in [5.41, 5.74) is 3.29. The highest BCUT2D eigenvalue weighted by Crippen LogP contribution is 2.38. The van der Waals surface area contributed by atoms with E-state index in [2.05, 4.69) is 11.4 Å². The second kappa shape index (κ2) is 9.87. The summed E-state index contributed by atoms with van der Waals surface area (Å²) in [4.78, 5) is 37.7. The zero-order valence-electron chi connectivity index (χ0n) is 21.9. The molecule has 2 amide bonds. The number of nitrogens with one attached hydrogen (secondary N) is 1. The van der Waals surface area contributed by atoms with Crippen LogP contribution in [0.15, 0.2) is 18.2 Å². The van der Waals surface area contributed by atoms with Crippen molar-refractivity contribution in [2.24, 2.45) is 11.3 Å². The molecule has 194 valence electrons. The summed E-state index contributed by atoms with van der Waals surface area (Å²) in [5.74, 6) is 0.907. The highest BCUT2D eigenvalue weighted by atomic mass is 16.6. The molecule has 1 saturated heterocycles. The zero-order valence-corrected chi connectivity index (χ0v) is 21.9. The predicted octanol–water partition coefficient (Wildman–Crippen LogP) is 4.56. The molecule has 1 aliphatic carbocycles. The Balaban J connectivity index is 1.40. The van der Waals surface area contributed by atoms with Gasteiger partial charge in [0.1, 0.15) is 23.9 Å². The van der Waals surface area contributed by atoms with Gasteiger partial charge in [0.2, 0.25) is 11.8 Å². The molecule has 0 unspecified atom stereocenters. The van der Waals surface area contributed by atoms with E-state index in [1.54, 1.807) is 4.90 Å². The second-order valence-corrected chi connectivity index (χ2v) is 11.8. The third kappa shape index (κ3) is 5.57. The predicted molar refractivity (Wildman–Crippen MR) is 137 cm³/mol. The zero-order chi connectivity index (χ0) is 25.4. The van der Waals surface area contributed by atoms with Crippen LogP contribution in [0.4, 0.5) is 4.79 Å². The molecule has 4 atom stereocenters. The van der Waals surface area contributed by atoms with Gasteiger partial charge in [-0.1, -0.05) is 39.7 Å². The Labute approximate surface area is 213 Å². The van der Waals surface area contributed by atoms with E-state index in [0.717, 1.165) is 60.8 Å². The number of aryl methyl sites for hydroxylation is 2. The van der Waals surface area contributed by atoms with Gasteiger partial charge in [0, 0.05) is 13.0 Å². The van der Waals surface area contributed by atoms with Gasteiger partial charge in [-0.2, -0.15) is 0 Å². The fourth-order valence-corrected chi connectivity index (χ4v) is 5.29. The molecule has 36 heavy (non-hydrogen) atoms. The summed E-state index contributed by atoms with van der Waals surface area (Å²) in [7, 11) is 0. The van der Waals surface area contributed by atoms with Crippen LogP contribution >= 0.6 is 0 Å². The maximum Gasteiger partial charge on any atom is 0.408 e. The standard InChI is InChI=1S/C28H38N4O4/c1-17-10-11-20-22(14-17)30-25-21(29-20)9-7-5-6-8-18-15-23(18)36-27(34)31-24(28(2,3)4)26(33)32-13-12-19(16-32)35-25/h10-11,14,18-19,23-24H,5-9,12-13,15-16H2,1-4H3,(H,31,34)/t18-,19-,23-,24-/m1/s1. The van der Waals surface area contributed by atoms with Gasteiger partial charge in [0.05, 0.1) is 17.6 Å². The highest BCUT2D eigenvalue weighted by molar-refractivity contribution is 5.86. The van der Waals surface area contributed by atoms with E-state index in [1.165, 1.54) is 0 Å². The Kier molecular flexibility index (Phi) is 6.79. The fraction of sp³-hybridized carbons (Fsp3) is 0.643. The van der Waals surface area contributed by atoms with Crippen LogP contribution in [-0.2, 0) is 16.0 Å². The van der Waals surface area contributed by atoms with E-state index in [1.807, 2.05) is 39.8 Å². The third-order valence-electron chi connectivity index (χ3n) is 7.57. The van der Waals surface area contributed by atoms with Gasteiger partial charge in [-0.15, -0.1) is 0 Å². The summed E-state index contributed by atoms with van der Waals surface area (Å²) < 4.78 is 12.1. The van der Waals surface area contributed by atoms with Gasteiger partial charge in [-0.3, -0.25) is 4.79 Å². The minimum absolute atomic E-state index is 0.0365. The molecular formula is C28H38N4O4. The minimum atomic E-state index is -0.668. The van der Waals surface area contributed by atoms with E-state index in [0.29, 0.717) is 31.3 Å². The quantitative estimate of drug-likeness (QED) is 0.577. The maximum atomic E-state index is 13.5. The molecule has 3 aliphatic rings. The first-order valence-corrected chi connectivity index (χ1v) is 13.4. The Morgan fingerprint density at radius 1 is 1.03 bits per heavy atom. The molecular weight excluding hydrogens is 456 g/mol. The molecule has 1 aromatic carbocycles. The lowest BCUT2D eigenvalue weighted by atomic mass is 9.86. The van der Waals surface area contributed by atoms with Crippen LogP contribution in [0.25, 0.3) is 11.0 Å². The number of carbonyl (C=O) groups is 2. The summed E-state index contributed by atoms with van der Waals surface area (Å²) in [6.07, 6.45) is 5.95. The van der Waals surface area contributed by atoms with Crippen molar-refractivity contribution >= 4 is 23.0 Å². The number of carbonyl (C=O) groups excluding carboxylic acids is 2. The number of amides is 2. The molecule has 2 fully saturated rings. The lowest BCUT2D eigenvalue weighted by molar-refractivity contribution is -0.135. The minimum Gasteiger partial charge on any atom is -0.471 e. The largest absolute Gasteiger partial charge is 0.471 e. The van der Waals surface area contributed by atoms with Crippen molar-refractivity contribution in [1.82, 2.24) is 20.2 Å². The lowest BCUT2D eigenvalue weighted by Gasteiger charge is -2.33. The molecule has 0 spiro atoms. The SMILES string of the molecule is Cc1ccc2nc3c(nc2c1)O[C@@H]1CCN(C1)C(=O)[C@H](C(C)(C)C)NC(=O)O[C@@H]1C[C@H]1CCCCC3. The monoisotopic (exact) mass is 494 g/mol. The molecule has 1 saturated carbocycles. The number of ether oxygens (including phenoxy) is 2. The van der Waals surface area contributed by atoms with E-state index in [-0.39, 0.29) is 18.1 Å². The highest BCUT2D eigenvalue weighted by Gasteiger charge is 2.43. The van der Waals surface area contributed by atoms with Gasteiger partial charge in [-0.05, 0) is 61.6 Å². The Hall–Kier alpha value is -2.90. The Morgan fingerprint density at radius 2 is 1.86 bits per heavy atom. The normalized spacial score (nSPS) is 27.7. The summed E-state index contributed by atoms with van der Waals surface area (Å²) >= 11 is 0. The molecule has 0 radical (unpaired) electrons. The molecule has 2 aliphatic heterocycles. The van der Waals surface area contributed by atoms with Crippen molar-refractivity contribution in [2.75, 3.05) is 13.1 Å². The lowest BCUT2D eigenvalue weighted by Crippen LogP contribution is -2.54. The van der Waals surface area contributed by atoms with Crippen LogP contribution in [0.2, 0.25) is 0 Å². The van der Waals surface area contributed by atoms with Crippen molar-refractivity contribution < 1.29 is 19.1 Å². The van der Waals surface area contributed by atoms with Crippen LogP contribution in [0.1, 0.15) is 70.6 Å². The van der Waals surface area contributed by atoms with Crippen LogP contribution in [-0.4, -0.2) is 58.2 Å². The van der Waals surface area contributed by atoms with E-state index in [4.69, 9.17) is 19.4 Å². The van der Waals surface area contributed by atoms with E-state index >= 15 is 0 Å². The molecule has 8 nitrogen and oxygen atoms in total. The summed E-state index contributed by atoms with van der Waals surface area (Å²) in [5, 5.41) is 2.88. The number of rotatable bonds is 0. The summed E-state index contributed by atoms with van der Waals surface area (Å²) in [6.45, 7) is 8.97. The number of hydrogen-bond acceptors (Lipinski definition) is 6. The van der Waals surface area contributed by atoms with Gasteiger partial charge >= 0.3 is 6.09 Å². The van der Waals surface area contributed by atoms with Crippen LogP contribution in [0, 0.1) is 18.3 Å². The molecule has 1 N–H and O–H groups in total. The number of benzene rings is 1. The number of fused-ring (bicyclic) bond motifs is 5. The van der Waals surface area contributed by atoms with E-state index < -0.39 is 17.6 Å². The second-order valence-electron chi connectivity index (χ2n) is 11.8. The molecule has 2 bridgehead atoms. The molecule has 2 aromatic rings. The first-order valence-electron chi connectivity index (χ1n) is 13.4. The Bertz CT molecular complexity index is 1140. The molecule has 1 aromatic heterocycles. The van der Waals surface area contributed by atoms with Crippen molar-refractivity contribution in [3.63, 3.8) is 0 Å². The Morgan fingerprint density at radius 3 is 2.67 bits per heavy atom. The van der Waals surface area contributed by atoms with Gasteiger partial charge in [0.15, 0.2) is 0 Å². The molecule has 5 rings (SSSR count). The first kappa shape index (κ1) is 24.8. The summed E-state index contributed by atoms with van der Waals surface area (Å²) in [6, 6.07) is 5.45. The smallest absolute Gasteiger partial charge is 0.408 e. The van der Waals surface area contributed by atoms with Gasteiger partial charge in [-0.25, -0.2) is 14.8 Å². The van der Waals surface area contributed by atoms with Crippen molar-refractivity contribution in [2.45, 2.75) is 90.9 Å². The van der Waals surface area contributed by atoms with Crippen molar-refractivity contribution in [3.8, 4) is 5.88 Å². The topological polar surface area (TPSA) is 93.7 Å². The van der Waals surface area contributed by atoms with Gasteiger partial charge < -0.3 is 19.7 Å². The van der Waals surface area contributed by atoms with Crippen LogP contribution in [0.3, 0.4) is 0 Å². The van der Waals surface area contributed by atoms with Crippen molar-refractivity contribution in [1.29, 1.82) is 0 Å². The van der Waals surface area contributed by atoms with Crippen LogP contribution in [0.5, 0.6) is 5.88 Å². The average molecular weight is 495 g/mol. The number of nitrogens with zero attached hydrogens (tertiary/aromatic N) is 3. The first-order chi connectivity index (χ1) is 17.2.